The monoisotopic (exact) mass is 240 g/mol. The molecule has 0 aliphatic carbocycles. The van der Waals surface area contributed by atoms with Gasteiger partial charge in [-0.2, -0.15) is 0 Å². The maximum atomic E-state index is 13.4. The zero-order valence-electron chi connectivity index (χ0n) is 9.74. The highest BCUT2D eigenvalue weighted by Crippen LogP contribution is 2.15. The van der Waals surface area contributed by atoms with Gasteiger partial charge in [-0.05, 0) is 18.6 Å². The first-order chi connectivity index (χ1) is 8.19. The van der Waals surface area contributed by atoms with Crippen LogP contribution in [0.25, 0.3) is 0 Å². The Morgan fingerprint density at radius 1 is 1.47 bits per heavy atom. The number of para-hydroxylation sites is 1. The molecule has 0 aromatic heterocycles. The van der Waals surface area contributed by atoms with E-state index in [0.29, 0.717) is 6.42 Å². The van der Waals surface area contributed by atoms with Gasteiger partial charge in [0.05, 0.1) is 5.69 Å². The minimum atomic E-state index is -0.628. The van der Waals surface area contributed by atoms with Crippen molar-refractivity contribution in [2.24, 2.45) is 0 Å². The van der Waals surface area contributed by atoms with Crippen LogP contribution >= 0.6 is 0 Å². The number of halogens is 1. The van der Waals surface area contributed by atoms with Gasteiger partial charge in [0.2, 0.25) is 0 Å². The van der Waals surface area contributed by atoms with E-state index < -0.39 is 17.8 Å². The molecule has 94 valence electrons. The summed E-state index contributed by atoms with van der Waals surface area (Å²) in [5.74, 6) is -0.971. The lowest BCUT2D eigenvalue weighted by atomic mass is 10.1. The standard InChI is InChI=1S/C12H17FN2O2/c1-2-3-7-11(12(16)15-17)14-10-8-5-4-6-9(10)13/h4-6,8,11,14,17H,2-3,7H2,1H3,(H,15,16). The molecule has 0 saturated carbocycles. The molecule has 1 aromatic rings. The average Bonchev–Trinajstić information content (AvgIpc) is 2.35. The van der Waals surface area contributed by atoms with E-state index >= 15 is 0 Å². The van der Waals surface area contributed by atoms with Crippen molar-refractivity contribution in [3.8, 4) is 0 Å². The fraction of sp³-hybridized carbons (Fsp3) is 0.417. The van der Waals surface area contributed by atoms with Crippen molar-refractivity contribution >= 4 is 11.6 Å². The van der Waals surface area contributed by atoms with Crippen LogP contribution in [0.2, 0.25) is 0 Å². The molecule has 3 N–H and O–H groups in total. The second kappa shape index (κ2) is 6.85. The number of rotatable bonds is 6. The lowest BCUT2D eigenvalue weighted by Crippen LogP contribution is -2.38. The number of carbonyl (C=O) groups excluding carboxylic acids is 1. The van der Waals surface area contributed by atoms with Gasteiger partial charge in [0.25, 0.3) is 5.91 Å². The number of nitrogens with one attached hydrogen (secondary N) is 2. The SMILES string of the molecule is CCCCC(Nc1ccccc1F)C(=O)NO. The molecule has 17 heavy (non-hydrogen) atoms. The number of anilines is 1. The summed E-state index contributed by atoms with van der Waals surface area (Å²) >= 11 is 0. The van der Waals surface area contributed by atoms with Gasteiger partial charge in [-0.15, -0.1) is 0 Å². The van der Waals surface area contributed by atoms with Crippen LogP contribution in [0, 0.1) is 5.82 Å². The van der Waals surface area contributed by atoms with Crippen LogP contribution in [0.1, 0.15) is 26.2 Å². The van der Waals surface area contributed by atoms with Gasteiger partial charge in [-0.3, -0.25) is 10.0 Å². The van der Waals surface area contributed by atoms with Gasteiger partial charge in [0, 0.05) is 0 Å². The van der Waals surface area contributed by atoms with Gasteiger partial charge >= 0.3 is 0 Å². The zero-order chi connectivity index (χ0) is 12.7. The predicted octanol–water partition coefficient (Wildman–Crippen LogP) is 2.30. The van der Waals surface area contributed by atoms with Crippen LogP contribution < -0.4 is 10.8 Å². The van der Waals surface area contributed by atoms with Crippen LogP contribution in [-0.2, 0) is 4.79 Å². The van der Waals surface area contributed by atoms with Crippen molar-refractivity contribution in [3.63, 3.8) is 0 Å². The summed E-state index contributed by atoms with van der Waals surface area (Å²) in [4.78, 5) is 11.4. The van der Waals surface area contributed by atoms with E-state index in [2.05, 4.69) is 5.32 Å². The Hall–Kier alpha value is -1.62. The molecule has 0 heterocycles. The van der Waals surface area contributed by atoms with Gasteiger partial charge in [-0.1, -0.05) is 31.9 Å². The van der Waals surface area contributed by atoms with Crippen molar-refractivity contribution in [1.82, 2.24) is 5.48 Å². The molecule has 0 bridgehead atoms. The number of hydrogen-bond donors (Lipinski definition) is 3. The molecular weight excluding hydrogens is 223 g/mol. The number of carbonyl (C=O) groups is 1. The van der Waals surface area contributed by atoms with Crippen molar-refractivity contribution in [1.29, 1.82) is 0 Å². The average molecular weight is 240 g/mol. The van der Waals surface area contributed by atoms with Crippen molar-refractivity contribution in [2.45, 2.75) is 32.2 Å². The lowest BCUT2D eigenvalue weighted by Gasteiger charge is -2.17. The van der Waals surface area contributed by atoms with E-state index in [1.807, 2.05) is 6.92 Å². The summed E-state index contributed by atoms with van der Waals surface area (Å²) < 4.78 is 13.4. The Morgan fingerprint density at radius 2 is 2.18 bits per heavy atom. The summed E-state index contributed by atoms with van der Waals surface area (Å²) in [7, 11) is 0. The largest absolute Gasteiger partial charge is 0.371 e. The maximum absolute atomic E-state index is 13.4. The molecule has 4 nitrogen and oxygen atoms in total. The normalized spacial score (nSPS) is 11.9. The Bertz CT molecular complexity index is 371. The molecule has 1 unspecified atom stereocenters. The van der Waals surface area contributed by atoms with E-state index in [4.69, 9.17) is 5.21 Å². The fourth-order valence-electron chi connectivity index (χ4n) is 1.52. The quantitative estimate of drug-likeness (QED) is 0.528. The lowest BCUT2D eigenvalue weighted by molar-refractivity contribution is -0.130. The van der Waals surface area contributed by atoms with Gasteiger partial charge in [-0.25, -0.2) is 9.87 Å². The fourth-order valence-corrected chi connectivity index (χ4v) is 1.52. The van der Waals surface area contributed by atoms with Crippen molar-refractivity contribution < 1.29 is 14.4 Å². The molecule has 0 aliphatic heterocycles. The third kappa shape index (κ3) is 4.03. The van der Waals surface area contributed by atoms with E-state index in [9.17, 15) is 9.18 Å². The summed E-state index contributed by atoms with van der Waals surface area (Å²) in [6.07, 6.45) is 2.28. The molecule has 0 saturated heterocycles. The first kappa shape index (κ1) is 13.4. The van der Waals surface area contributed by atoms with Crippen LogP contribution in [0.15, 0.2) is 24.3 Å². The number of amides is 1. The molecule has 0 radical (unpaired) electrons. The molecule has 1 rings (SSSR count). The minimum absolute atomic E-state index is 0.261. The van der Waals surface area contributed by atoms with Crippen LogP contribution in [0.4, 0.5) is 10.1 Å². The smallest absolute Gasteiger partial charge is 0.265 e. The van der Waals surface area contributed by atoms with E-state index in [1.165, 1.54) is 6.07 Å². The third-order valence-electron chi connectivity index (χ3n) is 2.48. The van der Waals surface area contributed by atoms with Gasteiger partial charge < -0.3 is 5.32 Å². The van der Waals surface area contributed by atoms with Crippen molar-refractivity contribution in [2.75, 3.05) is 5.32 Å². The number of hydrogen-bond acceptors (Lipinski definition) is 3. The molecule has 0 spiro atoms. The highest BCUT2D eigenvalue weighted by Gasteiger charge is 2.18. The van der Waals surface area contributed by atoms with E-state index in [-0.39, 0.29) is 5.69 Å². The first-order valence-corrected chi connectivity index (χ1v) is 5.64. The Labute approximate surface area is 99.8 Å². The minimum Gasteiger partial charge on any atom is -0.371 e. The second-order valence-corrected chi connectivity index (χ2v) is 3.80. The molecule has 0 fully saturated rings. The highest BCUT2D eigenvalue weighted by atomic mass is 19.1. The van der Waals surface area contributed by atoms with Crippen molar-refractivity contribution in [3.05, 3.63) is 30.1 Å². The van der Waals surface area contributed by atoms with Crippen LogP contribution in [0.5, 0.6) is 0 Å². The molecule has 1 amide bonds. The molecule has 1 atom stereocenters. The summed E-state index contributed by atoms with van der Waals surface area (Å²) in [5.41, 5.74) is 1.85. The summed E-state index contributed by atoms with van der Waals surface area (Å²) in [6, 6.07) is 5.50. The molecule has 5 heteroatoms. The number of unbranched alkanes of at least 4 members (excludes halogenated alkanes) is 1. The Kier molecular flexibility index (Phi) is 5.42. The number of benzene rings is 1. The topological polar surface area (TPSA) is 61.4 Å². The Balaban J connectivity index is 2.72. The van der Waals surface area contributed by atoms with Gasteiger partial charge in [0.15, 0.2) is 0 Å². The van der Waals surface area contributed by atoms with Crippen LogP contribution in [0.3, 0.4) is 0 Å². The number of hydroxylamine groups is 1. The predicted molar refractivity (Wildman–Crippen MR) is 63.3 cm³/mol. The molecule has 0 aliphatic rings. The van der Waals surface area contributed by atoms with Gasteiger partial charge in [0.1, 0.15) is 11.9 Å². The Morgan fingerprint density at radius 3 is 2.76 bits per heavy atom. The highest BCUT2D eigenvalue weighted by molar-refractivity contribution is 5.83. The summed E-state index contributed by atoms with van der Waals surface area (Å²) in [6.45, 7) is 2.00. The molecule has 1 aromatic carbocycles. The van der Waals surface area contributed by atoms with Crippen LogP contribution in [-0.4, -0.2) is 17.2 Å². The maximum Gasteiger partial charge on any atom is 0.265 e. The first-order valence-electron chi connectivity index (χ1n) is 5.64. The third-order valence-corrected chi connectivity index (χ3v) is 2.48. The zero-order valence-corrected chi connectivity index (χ0v) is 9.74. The van der Waals surface area contributed by atoms with E-state index in [1.54, 1.807) is 23.7 Å². The summed E-state index contributed by atoms with van der Waals surface area (Å²) in [5, 5.41) is 11.4. The molecular formula is C12H17FN2O2. The van der Waals surface area contributed by atoms with E-state index in [0.717, 1.165) is 12.8 Å². The second-order valence-electron chi connectivity index (χ2n) is 3.80.